The Morgan fingerprint density at radius 2 is 1.75 bits per heavy atom. The molecule has 1 amide bonds. The highest BCUT2D eigenvalue weighted by Gasteiger charge is 2.46. The molecule has 1 aliphatic heterocycles. The Morgan fingerprint density at radius 1 is 1.16 bits per heavy atom. The Labute approximate surface area is 192 Å². The predicted molar refractivity (Wildman–Crippen MR) is 120 cm³/mol. The summed E-state index contributed by atoms with van der Waals surface area (Å²) in [5.74, 6) is -0.304. The van der Waals surface area contributed by atoms with E-state index in [1.54, 1.807) is 13.8 Å². The zero-order valence-corrected chi connectivity index (χ0v) is 21.1. The molecule has 0 spiro atoms. The van der Waals surface area contributed by atoms with Crippen molar-refractivity contribution in [1.29, 1.82) is 0 Å². The van der Waals surface area contributed by atoms with Gasteiger partial charge in [-0.05, 0) is 39.5 Å². The number of rotatable bonds is 11. The number of hydrogen-bond acceptors (Lipinski definition) is 8. The second kappa shape index (κ2) is 12.1. The summed E-state index contributed by atoms with van der Waals surface area (Å²) < 4.78 is 24.0. The van der Waals surface area contributed by atoms with E-state index in [0.29, 0.717) is 0 Å². The van der Waals surface area contributed by atoms with Crippen LogP contribution in [0.5, 0.6) is 0 Å². The second-order valence-corrected chi connectivity index (χ2v) is 10.4. The lowest BCUT2D eigenvalue weighted by atomic mass is 9.81. The molecule has 1 heterocycles. The van der Waals surface area contributed by atoms with Crippen molar-refractivity contribution in [3.05, 3.63) is 0 Å². The van der Waals surface area contributed by atoms with Gasteiger partial charge >= 0.3 is 0 Å². The number of nitrogens with one attached hydrogen (secondary N) is 1. The zero-order chi connectivity index (χ0) is 24.9. The largest absolute Gasteiger partial charge is 0.394 e. The molecule has 7 unspecified atom stereocenters. The highest BCUT2D eigenvalue weighted by molar-refractivity contribution is 5.73. The summed E-state index contributed by atoms with van der Waals surface area (Å²) in [7, 11) is 0. The molecule has 1 aliphatic rings. The van der Waals surface area contributed by atoms with Crippen molar-refractivity contribution in [2.24, 2.45) is 5.41 Å². The van der Waals surface area contributed by atoms with Crippen LogP contribution in [0.25, 0.3) is 0 Å². The zero-order valence-electron chi connectivity index (χ0n) is 21.1. The van der Waals surface area contributed by atoms with Crippen molar-refractivity contribution in [2.75, 3.05) is 13.2 Å². The number of aliphatic hydroxyl groups is 3. The minimum absolute atomic E-state index is 0.0377. The third kappa shape index (κ3) is 8.52. The van der Waals surface area contributed by atoms with Crippen molar-refractivity contribution >= 4 is 5.91 Å². The van der Waals surface area contributed by atoms with Crippen molar-refractivity contribution in [3.8, 4) is 0 Å². The third-order valence-electron chi connectivity index (χ3n) is 5.79. The van der Waals surface area contributed by atoms with Crippen LogP contribution >= 0.6 is 0 Å². The van der Waals surface area contributed by atoms with E-state index in [9.17, 15) is 20.1 Å². The summed E-state index contributed by atoms with van der Waals surface area (Å²) >= 11 is 0. The maximum atomic E-state index is 12.0. The average molecular weight is 464 g/mol. The van der Waals surface area contributed by atoms with E-state index in [2.05, 4.69) is 5.32 Å². The predicted octanol–water partition coefficient (Wildman–Crippen LogP) is 1.36. The van der Waals surface area contributed by atoms with E-state index in [4.69, 9.17) is 18.9 Å². The van der Waals surface area contributed by atoms with Crippen molar-refractivity contribution < 1.29 is 39.1 Å². The first-order valence-electron chi connectivity index (χ1n) is 11.5. The van der Waals surface area contributed by atoms with Gasteiger partial charge in [0, 0.05) is 6.92 Å². The molecule has 32 heavy (non-hydrogen) atoms. The molecule has 0 aliphatic carbocycles. The van der Waals surface area contributed by atoms with E-state index < -0.39 is 54.6 Å². The molecule has 1 rings (SSSR count). The fourth-order valence-electron chi connectivity index (χ4n) is 3.62. The summed E-state index contributed by atoms with van der Waals surface area (Å²) in [6.07, 6.45) is -5.27. The smallest absolute Gasteiger partial charge is 0.217 e. The van der Waals surface area contributed by atoms with Gasteiger partial charge in [-0.25, -0.2) is 0 Å². The monoisotopic (exact) mass is 463 g/mol. The highest BCUT2D eigenvalue weighted by atomic mass is 16.7. The molecule has 9 heteroatoms. The molecule has 0 aromatic rings. The lowest BCUT2D eigenvalue weighted by Gasteiger charge is -2.45. The summed E-state index contributed by atoms with van der Waals surface area (Å²) in [6.45, 7) is 16.3. The molecular formula is C23H45NO8. The number of carbonyl (C=O) groups is 1. The minimum atomic E-state index is -1.22. The van der Waals surface area contributed by atoms with Crippen molar-refractivity contribution in [2.45, 2.75) is 123 Å². The summed E-state index contributed by atoms with van der Waals surface area (Å²) in [6, 6.07) is -0.739. The molecule has 1 fully saturated rings. The quantitative estimate of drug-likeness (QED) is 0.338. The Bertz CT molecular complexity index is 579. The summed E-state index contributed by atoms with van der Waals surface area (Å²) in [5, 5.41) is 33.7. The summed E-state index contributed by atoms with van der Waals surface area (Å²) in [5.41, 5.74) is -0.827. The first-order valence-corrected chi connectivity index (χ1v) is 11.5. The molecule has 0 aromatic heterocycles. The van der Waals surface area contributed by atoms with Crippen LogP contribution in [-0.2, 0) is 23.7 Å². The summed E-state index contributed by atoms with van der Waals surface area (Å²) in [4.78, 5) is 12.0. The van der Waals surface area contributed by atoms with Crippen molar-refractivity contribution in [1.82, 2.24) is 5.32 Å². The third-order valence-corrected chi connectivity index (χ3v) is 5.79. The van der Waals surface area contributed by atoms with Gasteiger partial charge in [0.1, 0.15) is 24.4 Å². The van der Waals surface area contributed by atoms with Crippen LogP contribution in [0.4, 0.5) is 0 Å². The molecule has 0 bridgehead atoms. The maximum Gasteiger partial charge on any atom is 0.217 e. The van der Waals surface area contributed by atoms with E-state index >= 15 is 0 Å². The van der Waals surface area contributed by atoms with Gasteiger partial charge in [0.05, 0.1) is 37.1 Å². The molecule has 9 nitrogen and oxygen atoms in total. The number of aliphatic hydroxyl groups excluding tert-OH is 3. The van der Waals surface area contributed by atoms with Gasteiger partial charge in [0.15, 0.2) is 6.29 Å². The highest BCUT2D eigenvalue weighted by Crippen LogP contribution is 2.32. The van der Waals surface area contributed by atoms with Gasteiger partial charge < -0.3 is 39.6 Å². The SMILES string of the molecule is CCC(C)(C)O[C@H](C)C(NC(C)=O)C(OC(C)CO)OC1COC(C(C)(C)C)C(O)C1O. The van der Waals surface area contributed by atoms with Gasteiger partial charge in [0.25, 0.3) is 0 Å². The van der Waals surface area contributed by atoms with Crippen LogP contribution in [0, 0.1) is 5.41 Å². The van der Waals surface area contributed by atoms with Gasteiger partial charge in [0.2, 0.25) is 5.91 Å². The lowest BCUT2D eigenvalue weighted by Crippen LogP contribution is -2.61. The number of carbonyl (C=O) groups excluding carboxylic acids is 1. The van der Waals surface area contributed by atoms with Crippen LogP contribution in [-0.4, -0.2) is 89.0 Å². The van der Waals surface area contributed by atoms with Crippen LogP contribution in [0.3, 0.4) is 0 Å². The van der Waals surface area contributed by atoms with E-state index in [0.717, 1.165) is 6.42 Å². The van der Waals surface area contributed by atoms with Crippen LogP contribution < -0.4 is 5.32 Å². The van der Waals surface area contributed by atoms with Crippen LogP contribution in [0.1, 0.15) is 68.7 Å². The molecule has 4 N–H and O–H groups in total. The molecule has 0 radical (unpaired) electrons. The first kappa shape index (κ1) is 29.2. The lowest BCUT2D eigenvalue weighted by molar-refractivity contribution is -0.284. The normalized spacial score (nSPS) is 28.6. The minimum Gasteiger partial charge on any atom is -0.394 e. The molecule has 8 atom stereocenters. The molecular weight excluding hydrogens is 418 g/mol. The maximum absolute atomic E-state index is 12.0. The van der Waals surface area contributed by atoms with E-state index in [-0.39, 0.29) is 24.5 Å². The first-order chi connectivity index (χ1) is 14.6. The second-order valence-electron chi connectivity index (χ2n) is 10.4. The van der Waals surface area contributed by atoms with E-state index in [1.807, 2.05) is 41.5 Å². The standard InChI is InChI=1S/C23H45NO8/c1-10-23(8,9)32-14(3)17(24-15(4)26)21(30-13(2)11-25)31-16-12-29-20(22(5,6)7)19(28)18(16)27/h13-14,16-21,25,27-28H,10-12H2,1-9H3,(H,24,26)/t13?,14-,16?,17?,18?,19?,20?,21?/m1/s1. The fourth-order valence-corrected chi connectivity index (χ4v) is 3.62. The molecule has 1 saturated heterocycles. The topological polar surface area (TPSA) is 127 Å². The molecule has 190 valence electrons. The van der Waals surface area contributed by atoms with Crippen molar-refractivity contribution in [3.63, 3.8) is 0 Å². The van der Waals surface area contributed by atoms with Crippen LogP contribution in [0.2, 0.25) is 0 Å². The Hall–Kier alpha value is -0.810. The Kier molecular flexibility index (Phi) is 11.0. The number of hydrogen-bond donors (Lipinski definition) is 4. The number of ether oxygens (including phenoxy) is 4. The Balaban J connectivity index is 3.13. The van der Waals surface area contributed by atoms with Gasteiger partial charge in [-0.15, -0.1) is 0 Å². The molecule has 0 aromatic carbocycles. The Morgan fingerprint density at radius 3 is 2.22 bits per heavy atom. The fraction of sp³-hybridized carbons (Fsp3) is 0.957. The van der Waals surface area contributed by atoms with E-state index in [1.165, 1.54) is 6.92 Å². The number of amides is 1. The average Bonchev–Trinajstić information content (AvgIpc) is 2.67. The van der Waals surface area contributed by atoms with Gasteiger partial charge in [-0.2, -0.15) is 0 Å². The molecule has 0 saturated carbocycles. The van der Waals surface area contributed by atoms with Gasteiger partial charge in [-0.3, -0.25) is 4.79 Å². The van der Waals surface area contributed by atoms with Crippen LogP contribution in [0.15, 0.2) is 0 Å². The van der Waals surface area contributed by atoms with Gasteiger partial charge in [-0.1, -0.05) is 27.7 Å².